The van der Waals surface area contributed by atoms with Crippen LogP contribution in [0, 0.1) is 42.4 Å². The monoisotopic (exact) mass is 495 g/mol. The summed E-state index contributed by atoms with van der Waals surface area (Å²) in [4.78, 5) is 41.5. The summed E-state index contributed by atoms with van der Waals surface area (Å²) >= 11 is 0. The molecule has 0 saturated carbocycles. The molecule has 0 spiro atoms. The molecule has 0 N–H and O–H groups in total. The van der Waals surface area contributed by atoms with E-state index in [4.69, 9.17) is 27.1 Å². The van der Waals surface area contributed by atoms with E-state index in [9.17, 15) is 14.4 Å². The standard InChI is InChI=1S/C29H37NO6/c1-9-12-13-14-15-24(31)36-27-21(4)30-18-22(19-34-25(32)16-28(5,6)10-2)23(27)20-35-26(33)17-29(7,8)11-3/h2-3,9,12,18H,13-17,19-20H2,1,4-8H3/b12-9-. The second kappa shape index (κ2) is 14.1. The third kappa shape index (κ3) is 10.8. The molecule has 194 valence electrons. The minimum atomic E-state index is -0.671. The topological polar surface area (TPSA) is 91.8 Å². The van der Waals surface area contributed by atoms with Crippen molar-refractivity contribution in [2.24, 2.45) is 10.8 Å². The van der Waals surface area contributed by atoms with Crippen LogP contribution in [-0.2, 0) is 37.1 Å². The zero-order valence-corrected chi connectivity index (χ0v) is 22.2. The van der Waals surface area contributed by atoms with Crippen LogP contribution >= 0.6 is 0 Å². The number of hydrogen-bond acceptors (Lipinski definition) is 7. The van der Waals surface area contributed by atoms with Crippen LogP contribution in [0.25, 0.3) is 0 Å². The van der Waals surface area contributed by atoms with Crippen LogP contribution in [0.5, 0.6) is 5.75 Å². The number of unbranched alkanes of at least 4 members (excludes halogenated alkanes) is 1. The molecule has 0 aliphatic heterocycles. The zero-order chi connectivity index (χ0) is 27.4. The maximum atomic E-state index is 12.5. The lowest BCUT2D eigenvalue weighted by atomic mass is 9.91. The molecule has 7 heteroatoms. The van der Waals surface area contributed by atoms with Crippen LogP contribution in [0.2, 0.25) is 0 Å². The zero-order valence-electron chi connectivity index (χ0n) is 22.2. The van der Waals surface area contributed by atoms with Gasteiger partial charge in [-0.05, 0) is 54.4 Å². The molecule has 0 bridgehead atoms. The van der Waals surface area contributed by atoms with Gasteiger partial charge in [0.15, 0.2) is 5.75 Å². The minimum absolute atomic E-state index is 0.0130. The highest BCUT2D eigenvalue weighted by molar-refractivity contribution is 5.74. The summed E-state index contributed by atoms with van der Waals surface area (Å²) in [6.07, 6.45) is 18.0. The van der Waals surface area contributed by atoms with Crippen molar-refractivity contribution < 1.29 is 28.6 Å². The average molecular weight is 496 g/mol. The van der Waals surface area contributed by atoms with E-state index in [0.717, 1.165) is 6.42 Å². The molecule has 1 aromatic rings. The highest BCUT2D eigenvalue weighted by atomic mass is 16.5. The smallest absolute Gasteiger partial charge is 0.311 e. The number of allylic oxidation sites excluding steroid dienone is 2. The number of hydrogen-bond donors (Lipinski definition) is 0. The fourth-order valence-electron chi connectivity index (χ4n) is 3.03. The van der Waals surface area contributed by atoms with Gasteiger partial charge in [0.25, 0.3) is 0 Å². The summed E-state index contributed by atoms with van der Waals surface area (Å²) in [5, 5.41) is 0. The Morgan fingerprint density at radius 2 is 1.53 bits per heavy atom. The number of rotatable bonds is 13. The summed E-state index contributed by atoms with van der Waals surface area (Å²) in [6.45, 7) is 10.3. The van der Waals surface area contributed by atoms with Crippen molar-refractivity contribution in [3.8, 4) is 30.4 Å². The Kier molecular flexibility index (Phi) is 11.9. The lowest BCUT2D eigenvalue weighted by Crippen LogP contribution is -2.19. The summed E-state index contributed by atoms with van der Waals surface area (Å²) in [7, 11) is 0. The highest BCUT2D eigenvalue weighted by Gasteiger charge is 2.24. The van der Waals surface area contributed by atoms with Gasteiger partial charge in [-0.25, -0.2) is 0 Å². The van der Waals surface area contributed by atoms with Gasteiger partial charge in [-0.1, -0.05) is 24.0 Å². The Balaban J connectivity index is 3.15. The number of carbonyl (C=O) groups is 3. The van der Waals surface area contributed by atoms with Gasteiger partial charge in [-0.15, -0.1) is 12.8 Å². The van der Waals surface area contributed by atoms with Crippen LogP contribution in [0.4, 0.5) is 0 Å². The number of aryl methyl sites for hydroxylation is 1. The number of pyridine rings is 1. The Morgan fingerprint density at radius 1 is 0.972 bits per heavy atom. The molecule has 0 unspecified atom stereocenters. The Labute approximate surface area is 215 Å². The van der Waals surface area contributed by atoms with E-state index in [1.807, 2.05) is 19.1 Å². The van der Waals surface area contributed by atoms with E-state index < -0.39 is 28.7 Å². The molecule has 0 aliphatic rings. The maximum absolute atomic E-state index is 12.5. The molecule has 0 radical (unpaired) electrons. The minimum Gasteiger partial charge on any atom is -0.461 e. The van der Waals surface area contributed by atoms with Gasteiger partial charge in [0, 0.05) is 34.6 Å². The summed E-state index contributed by atoms with van der Waals surface area (Å²) in [5.41, 5.74) is -0.0302. The number of terminal acetylenes is 2. The van der Waals surface area contributed by atoms with Gasteiger partial charge in [-0.2, -0.15) is 0 Å². The quantitative estimate of drug-likeness (QED) is 0.160. The molecule has 0 saturated heterocycles. The fraction of sp³-hybridized carbons (Fsp3) is 0.517. The summed E-state index contributed by atoms with van der Waals surface area (Å²) in [6, 6.07) is 0. The Bertz CT molecular complexity index is 1050. The molecule has 1 aromatic heterocycles. The van der Waals surface area contributed by atoms with E-state index in [1.54, 1.807) is 34.6 Å². The molecule has 0 aromatic carbocycles. The largest absolute Gasteiger partial charge is 0.461 e. The van der Waals surface area contributed by atoms with Crippen molar-refractivity contribution in [2.75, 3.05) is 0 Å². The molecule has 36 heavy (non-hydrogen) atoms. The van der Waals surface area contributed by atoms with Gasteiger partial charge in [0.1, 0.15) is 13.2 Å². The molecule has 1 rings (SSSR count). The molecule has 0 fully saturated rings. The van der Waals surface area contributed by atoms with E-state index in [0.29, 0.717) is 23.2 Å². The van der Waals surface area contributed by atoms with E-state index in [1.165, 1.54) is 6.20 Å². The summed E-state index contributed by atoms with van der Waals surface area (Å²) < 4.78 is 16.5. The van der Waals surface area contributed by atoms with Crippen molar-refractivity contribution in [2.45, 2.75) is 86.9 Å². The number of esters is 3. The normalized spacial score (nSPS) is 11.4. The van der Waals surface area contributed by atoms with Gasteiger partial charge in [0.05, 0.1) is 18.5 Å². The van der Waals surface area contributed by atoms with Gasteiger partial charge in [0.2, 0.25) is 0 Å². The van der Waals surface area contributed by atoms with E-state index in [2.05, 4.69) is 16.8 Å². The van der Waals surface area contributed by atoms with E-state index >= 15 is 0 Å². The maximum Gasteiger partial charge on any atom is 0.311 e. The van der Waals surface area contributed by atoms with Gasteiger partial charge in [-0.3, -0.25) is 19.4 Å². The third-order valence-corrected chi connectivity index (χ3v) is 5.33. The van der Waals surface area contributed by atoms with Gasteiger partial charge >= 0.3 is 17.9 Å². The molecular formula is C29H37NO6. The first-order valence-corrected chi connectivity index (χ1v) is 11.9. The second-order valence-corrected chi connectivity index (χ2v) is 9.84. The third-order valence-electron chi connectivity index (χ3n) is 5.33. The lowest BCUT2D eigenvalue weighted by molar-refractivity contribution is -0.148. The predicted molar refractivity (Wildman–Crippen MR) is 137 cm³/mol. The second-order valence-electron chi connectivity index (χ2n) is 9.84. The Hall–Kier alpha value is -3.58. The average Bonchev–Trinajstić information content (AvgIpc) is 2.80. The first-order valence-electron chi connectivity index (χ1n) is 11.9. The van der Waals surface area contributed by atoms with Crippen LogP contribution < -0.4 is 4.74 Å². The highest BCUT2D eigenvalue weighted by Crippen LogP contribution is 2.29. The SMILES string of the molecule is C#CC(C)(C)CC(=O)OCc1cnc(C)c(OC(=O)CCC/C=C\C)c1COC(=O)CC(C)(C)C#C. The first-order chi connectivity index (χ1) is 16.8. The van der Waals surface area contributed by atoms with Gasteiger partial charge < -0.3 is 14.2 Å². The molecule has 7 nitrogen and oxygen atoms in total. The molecule has 0 amide bonds. The van der Waals surface area contributed by atoms with Crippen LogP contribution in [0.15, 0.2) is 18.3 Å². The summed E-state index contributed by atoms with van der Waals surface area (Å²) in [5.74, 6) is 3.87. The number of carbonyl (C=O) groups excluding carboxylic acids is 3. The predicted octanol–water partition coefficient (Wildman–Crippen LogP) is 5.23. The first kappa shape index (κ1) is 30.5. The number of ether oxygens (including phenoxy) is 3. The lowest BCUT2D eigenvalue weighted by Gasteiger charge is -2.19. The molecule has 1 heterocycles. The molecular weight excluding hydrogens is 458 g/mol. The fourth-order valence-corrected chi connectivity index (χ4v) is 3.03. The molecule has 0 aliphatic carbocycles. The van der Waals surface area contributed by atoms with Crippen molar-refractivity contribution in [1.82, 2.24) is 4.98 Å². The van der Waals surface area contributed by atoms with Crippen molar-refractivity contribution in [3.05, 3.63) is 35.2 Å². The van der Waals surface area contributed by atoms with Crippen LogP contribution in [-0.4, -0.2) is 22.9 Å². The van der Waals surface area contributed by atoms with Crippen LogP contribution in [0.3, 0.4) is 0 Å². The van der Waals surface area contributed by atoms with Crippen molar-refractivity contribution in [3.63, 3.8) is 0 Å². The Morgan fingerprint density at radius 3 is 2.06 bits per heavy atom. The van der Waals surface area contributed by atoms with Crippen LogP contribution in [0.1, 0.15) is 83.5 Å². The number of aromatic nitrogens is 1. The van der Waals surface area contributed by atoms with E-state index in [-0.39, 0.29) is 38.2 Å². The van der Waals surface area contributed by atoms with Crippen molar-refractivity contribution >= 4 is 17.9 Å². The molecule has 0 atom stereocenters. The van der Waals surface area contributed by atoms with Crippen molar-refractivity contribution in [1.29, 1.82) is 0 Å². The number of nitrogens with zero attached hydrogens (tertiary/aromatic N) is 1.